The number of rotatable bonds is 3. The van der Waals surface area contributed by atoms with Crippen LogP contribution in [-0.4, -0.2) is 24.0 Å². The third-order valence-electron chi connectivity index (χ3n) is 3.83. The summed E-state index contributed by atoms with van der Waals surface area (Å²) in [4.78, 5) is 2.37. The van der Waals surface area contributed by atoms with E-state index in [1.54, 1.807) is 6.07 Å². The van der Waals surface area contributed by atoms with Crippen molar-refractivity contribution >= 4 is 15.9 Å². The van der Waals surface area contributed by atoms with Gasteiger partial charge >= 0.3 is 0 Å². The maximum absolute atomic E-state index is 13.5. The molecule has 2 nitrogen and oxygen atoms in total. The Labute approximate surface area is 116 Å². The zero-order valence-corrected chi connectivity index (χ0v) is 12.3. The van der Waals surface area contributed by atoms with Crippen molar-refractivity contribution in [2.75, 3.05) is 13.1 Å². The zero-order valence-electron chi connectivity index (χ0n) is 10.7. The van der Waals surface area contributed by atoms with E-state index in [0.29, 0.717) is 16.4 Å². The number of hydrogen-bond donors (Lipinski definition) is 1. The second-order valence-electron chi connectivity index (χ2n) is 5.07. The summed E-state index contributed by atoms with van der Waals surface area (Å²) in [5.74, 6) is 0.374. The van der Waals surface area contributed by atoms with Crippen LogP contribution in [0.2, 0.25) is 0 Å². The van der Waals surface area contributed by atoms with Gasteiger partial charge in [-0.05, 0) is 46.4 Å². The van der Waals surface area contributed by atoms with Gasteiger partial charge in [-0.25, -0.2) is 4.39 Å². The molecule has 18 heavy (non-hydrogen) atoms. The van der Waals surface area contributed by atoms with Gasteiger partial charge in [-0.1, -0.05) is 25.5 Å². The van der Waals surface area contributed by atoms with Gasteiger partial charge in [0.1, 0.15) is 5.82 Å². The van der Waals surface area contributed by atoms with Gasteiger partial charge in [0.05, 0.1) is 4.47 Å². The molecule has 0 radical (unpaired) electrons. The Morgan fingerprint density at radius 2 is 2.28 bits per heavy atom. The van der Waals surface area contributed by atoms with Crippen LogP contribution in [0.5, 0.6) is 0 Å². The molecule has 2 atom stereocenters. The summed E-state index contributed by atoms with van der Waals surface area (Å²) < 4.78 is 14.0. The van der Waals surface area contributed by atoms with E-state index in [-0.39, 0.29) is 5.82 Å². The van der Waals surface area contributed by atoms with Crippen molar-refractivity contribution in [1.82, 2.24) is 4.90 Å². The molecule has 1 heterocycles. The monoisotopic (exact) mass is 314 g/mol. The van der Waals surface area contributed by atoms with Gasteiger partial charge in [-0.2, -0.15) is 0 Å². The molecule has 0 bridgehead atoms. The van der Waals surface area contributed by atoms with Crippen molar-refractivity contribution in [1.29, 1.82) is 0 Å². The maximum Gasteiger partial charge on any atom is 0.137 e. The predicted molar refractivity (Wildman–Crippen MR) is 75.8 cm³/mol. The smallest absolute Gasteiger partial charge is 0.137 e. The van der Waals surface area contributed by atoms with Gasteiger partial charge in [-0.15, -0.1) is 0 Å². The second-order valence-corrected chi connectivity index (χ2v) is 5.86. The molecule has 1 fully saturated rings. The third kappa shape index (κ3) is 3.11. The standard InChI is InChI=1S/C14H20BrFN2/c1-2-10-8-18(7-6-13(10)17)9-11-4-3-5-12(16)14(11)15/h3-5,10,13H,2,6-9,17H2,1H3. The van der Waals surface area contributed by atoms with Gasteiger partial charge < -0.3 is 5.73 Å². The molecule has 0 saturated carbocycles. The zero-order chi connectivity index (χ0) is 13.1. The summed E-state index contributed by atoms with van der Waals surface area (Å²) in [5.41, 5.74) is 7.12. The molecule has 0 amide bonds. The Morgan fingerprint density at radius 3 is 3.00 bits per heavy atom. The molecule has 0 spiro atoms. The first-order chi connectivity index (χ1) is 8.61. The lowest BCUT2D eigenvalue weighted by Crippen LogP contribution is -2.46. The first-order valence-corrected chi connectivity index (χ1v) is 7.32. The van der Waals surface area contributed by atoms with Crippen molar-refractivity contribution in [3.63, 3.8) is 0 Å². The van der Waals surface area contributed by atoms with E-state index >= 15 is 0 Å². The van der Waals surface area contributed by atoms with E-state index in [4.69, 9.17) is 5.73 Å². The first kappa shape index (κ1) is 14.0. The number of halogens is 2. The van der Waals surface area contributed by atoms with E-state index in [0.717, 1.165) is 38.0 Å². The minimum Gasteiger partial charge on any atom is -0.327 e. The summed E-state index contributed by atoms with van der Waals surface area (Å²) in [6.45, 7) is 4.99. The lowest BCUT2D eigenvalue weighted by molar-refractivity contribution is 0.145. The lowest BCUT2D eigenvalue weighted by atomic mass is 9.90. The maximum atomic E-state index is 13.5. The van der Waals surface area contributed by atoms with E-state index in [1.165, 1.54) is 6.07 Å². The van der Waals surface area contributed by atoms with Crippen LogP contribution in [0.3, 0.4) is 0 Å². The number of likely N-dealkylation sites (tertiary alicyclic amines) is 1. The fraction of sp³-hybridized carbons (Fsp3) is 0.571. The highest BCUT2D eigenvalue weighted by atomic mass is 79.9. The SMILES string of the molecule is CCC1CN(Cc2cccc(F)c2Br)CCC1N. The number of nitrogens with zero attached hydrogens (tertiary/aromatic N) is 1. The predicted octanol–water partition coefficient (Wildman–Crippen LogP) is 3.15. The number of nitrogens with two attached hydrogens (primary N) is 1. The van der Waals surface area contributed by atoms with Crippen molar-refractivity contribution in [2.24, 2.45) is 11.7 Å². The van der Waals surface area contributed by atoms with Crippen molar-refractivity contribution in [2.45, 2.75) is 32.4 Å². The third-order valence-corrected chi connectivity index (χ3v) is 4.71. The van der Waals surface area contributed by atoms with Gasteiger partial charge in [0, 0.05) is 19.1 Å². The molecule has 100 valence electrons. The largest absolute Gasteiger partial charge is 0.327 e. The molecule has 0 aliphatic carbocycles. The fourth-order valence-corrected chi connectivity index (χ4v) is 3.00. The van der Waals surface area contributed by atoms with Gasteiger partial charge in [0.2, 0.25) is 0 Å². The molecule has 0 aromatic heterocycles. The van der Waals surface area contributed by atoms with Crippen LogP contribution in [0.25, 0.3) is 0 Å². The van der Waals surface area contributed by atoms with Gasteiger partial charge in [-0.3, -0.25) is 4.90 Å². The molecule has 1 saturated heterocycles. The normalized spacial score (nSPS) is 25.3. The molecule has 2 N–H and O–H groups in total. The number of benzene rings is 1. The van der Waals surface area contributed by atoms with Crippen LogP contribution in [0.4, 0.5) is 4.39 Å². The van der Waals surface area contributed by atoms with Crippen LogP contribution in [0.1, 0.15) is 25.3 Å². The van der Waals surface area contributed by atoms with Crippen LogP contribution in [0.15, 0.2) is 22.7 Å². The average Bonchev–Trinajstić information content (AvgIpc) is 2.37. The Kier molecular flexibility index (Phi) is 4.76. The molecule has 1 aromatic rings. The molecule has 2 rings (SSSR count). The Bertz CT molecular complexity index is 411. The van der Waals surface area contributed by atoms with E-state index in [1.807, 2.05) is 6.07 Å². The van der Waals surface area contributed by atoms with Gasteiger partial charge in [0.25, 0.3) is 0 Å². The van der Waals surface area contributed by atoms with Crippen molar-refractivity contribution in [3.05, 3.63) is 34.1 Å². The Morgan fingerprint density at radius 1 is 1.50 bits per heavy atom. The quantitative estimate of drug-likeness (QED) is 0.928. The van der Waals surface area contributed by atoms with E-state index in [2.05, 4.69) is 27.8 Å². The Hall–Kier alpha value is -0.450. The molecule has 1 aliphatic rings. The second kappa shape index (κ2) is 6.13. The highest BCUT2D eigenvalue weighted by molar-refractivity contribution is 9.10. The summed E-state index contributed by atoms with van der Waals surface area (Å²) in [5, 5.41) is 0. The Balaban J connectivity index is 2.03. The van der Waals surface area contributed by atoms with Gasteiger partial charge in [0.15, 0.2) is 0 Å². The molecule has 1 aromatic carbocycles. The minimum absolute atomic E-state index is 0.187. The topological polar surface area (TPSA) is 29.3 Å². The van der Waals surface area contributed by atoms with E-state index in [9.17, 15) is 4.39 Å². The summed E-state index contributed by atoms with van der Waals surface area (Å²) in [6, 6.07) is 5.54. The summed E-state index contributed by atoms with van der Waals surface area (Å²) in [6.07, 6.45) is 2.15. The van der Waals surface area contributed by atoms with Crippen LogP contribution in [-0.2, 0) is 6.54 Å². The van der Waals surface area contributed by atoms with E-state index < -0.39 is 0 Å². The molecule has 4 heteroatoms. The fourth-order valence-electron chi connectivity index (χ4n) is 2.61. The van der Waals surface area contributed by atoms with Crippen LogP contribution < -0.4 is 5.73 Å². The first-order valence-electron chi connectivity index (χ1n) is 6.52. The van der Waals surface area contributed by atoms with Crippen molar-refractivity contribution in [3.8, 4) is 0 Å². The molecular weight excluding hydrogens is 295 g/mol. The lowest BCUT2D eigenvalue weighted by Gasteiger charge is -2.36. The van der Waals surface area contributed by atoms with Crippen LogP contribution >= 0.6 is 15.9 Å². The molecule has 1 aliphatic heterocycles. The number of hydrogen-bond acceptors (Lipinski definition) is 2. The molecule has 2 unspecified atom stereocenters. The average molecular weight is 315 g/mol. The summed E-state index contributed by atoms with van der Waals surface area (Å²) in [7, 11) is 0. The number of piperidine rings is 1. The van der Waals surface area contributed by atoms with Crippen molar-refractivity contribution < 1.29 is 4.39 Å². The highest BCUT2D eigenvalue weighted by Gasteiger charge is 2.25. The summed E-state index contributed by atoms with van der Waals surface area (Å²) >= 11 is 3.32. The molecular formula is C14H20BrFN2. The minimum atomic E-state index is -0.187. The highest BCUT2D eigenvalue weighted by Crippen LogP contribution is 2.25. The van der Waals surface area contributed by atoms with Crippen LogP contribution in [0, 0.1) is 11.7 Å².